The van der Waals surface area contributed by atoms with Crippen LogP contribution in [0.15, 0.2) is 0 Å². The fourth-order valence-corrected chi connectivity index (χ4v) is 2.74. The highest BCUT2D eigenvalue weighted by atomic mass is 15.2. The minimum Gasteiger partial charge on any atom is -0.297 e. The Morgan fingerprint density at radius 1 is 1.45 bits per heavy atom. The summed E-state index contributed by atoms with van der Waals surface area (Å²) in [4.78, 5) is 2.69. The number of likely N-dealkylation sites (tertiary alicyclic amines) is 1. The van der Waals surface area contributed by atoms with E-state index >= 15 is 0 Å². The number of hydrogen-bond donors (Lipinski definition) is 0. The van der Waals surface area contributed by atoms with Crippen LogP contribution in [-0.2, 0) is 0 Å². The summed E-state index contributed by atoms with van der Waals surface area (Å²) in [6.45, 7) is 8.38. The topological polar surface area (TPSA) is 3.24 Å². The molecule has 2 fully saturated rings. The fraction of sp³-hybridized carbons (Fsp3) is 1.00. The predicted molar refractivity (Wildman–Crippen MR) is 47.5 cm³/mol. The predicted octanol–water partition coefficient (Wildman–Crippen LogP) is 2.13. The van der Waals surface area contributed by atoms with Gasteiger partial charge in [-0.3, -0.25) is 4.90 Å². The second kappa shape index (κ2) is 2.48. The van der Waals surface area contributed by atoms with Gasteiger partial charge >= 0.3 is 0 Å². The van der Waals surface area contributed by atoms with E-state index in [0.29, 0.717) is 0 Å². The largest absolute Gasteiger partial charge is 0.297 e. The zero-order valence-electron chi connectivity index (χ0n) is 7.88. The Morgan fingerprint density at radius 2 is 2.18 bits per heavy atom. The maximum Gasteiger partial charge on any atom is 0.0127 e. The van der Waals surface area contributed by atoms with Crippen molar-refractivity contribution in [1.29, 1.82) is 0 Å². The van der Waals surface area contributed by atoms with Gasteiger partial charge in [-0.1, -0.05) is 6.92 Å². The van der Waals surface area contributed by atoms with Crippen LogP contribution in [0.2, 0.25) is 0 Å². The Kier molecular flexibility index (Phi) is 1.71. The van der Waals surface area contributed by atoms with Gasteiger partial charge in [0.2, 0.25) is 0 Å². The van der Waals surface area contributed by atoms with Crippen molar-refractivity contribution >= 4 is 0 Å². The van der Waals surface area contributed by atoms with Crippen LogP contribution in [0.5, 0.6) is 0 Å². The zero-order valence-corrected chi connectivity index (χ0v) is 7.88. The second-order valence-electron chi connectivity index (χ2n) is 4.43. The molecule has 0 spiro atoms. The molecule has 1 heteroatoms. The van der Waals surface area contributed by atoms with Crippen molar-refractivity contribution in [3.8, 4) is 0 Å². The van der Waals surface area contributed by atoms with Crippen molar-refractivity contribution in [2.24, 2.45) is 11.8 Å². The molecule has 0 bridgehead atoms. The average Bonchev–Trinajstić information content (AvgIpc) is 2.63. The standard InChI is InChI=1S/C10H19N/c1-4-10-9-5-8(9)6-11(10)7(2)3/h7-10H,4-6H2,1-3H3/t8-,9-,10+/m0/s1. The van der Waals surface area contributed by atoms with E-state index in [0.717, 1.165) is 23.9 Å². The summed E-state index contributed by atoms with van der Waals surface area (Å²) in [5.41, 5.74) is 0. The molecule has 0 unspecified atom stereocenters. The molecule has 1 heterocycles. The quantitative estimate of drug-likeness (QED) is 0.587. The number of hydrogen-bond acceptors (Lipinski definition) is 1. The molecule has 2 rings (SSSR count). The average molecular weight is 153 g/mol. The van der Waals surface area contributed by atoms with Crippen LogP contribution in [0.1, 0.15) is 33.6 Å². The zero-order chi connectivity index (χ0) is 8.01. The number of nitrogens with zero attached hydrogens (tertiary/aromatic N) is 1. The summed E-state index contributed by atoms with van der Waals surface area (Å²) in [6, 6.07) is 1.70. The van der Waals surface area contributed by atoms with Crippen LogP contribution < -0.4 is 0 Å². The molecule has 0 N–H and O–H groups in total. The minimum absolute atomic E-state index is 0.771. The van der Waals surface area contributed by atoms with Gasteiger partial charge in [0.05, 0.1) is 0 Å². The van der Waals surface area contributed by atoms with Gasteiger partial charge in [-0.15, -0.1) is 0 Å². The molecule has 0 amide bonds. The van der Waals surface area contributed by atoms with Crippen molar-refractivity contribution < 1.29 is 0 Å². The fourth-order valence-electron chi connectivity index (χ4n) is 2.74. The molecule has 3 atom stereocenters. The van der Waals surface area contributed by atoms with Crippen molar-refractivity contribution in [1.82, 2.24) is 4.90 Å². The Morgan fingerprint density at radius 3 is 2.64 bits per heavy atom. The molecule has 0 aromatic heterocycles. The summed E-state index contributed by atoms with van der Waals surface area (Å²) < 4.78 is 0. The Labute approximate surface area is 69.8 Å². The van der Waals surface area contributed by atoms with Gasteiger partial charge in [-0.2, -0.15) is 0 Å². The number of fused-ring (bicyclic) bond motifs is 1. The normalized spacial score (nSPS) is 43.1. The van der Waals surface area contributed by atoms with E-state index in [1.54, 1.807) is 0 Å². The molecule has 1 saturated carbocycles. The first-order valence-corrected chi connectivity index (χ1v) is 4.99. The van der Waals surface area contributed by atoms with E-state index in [9.17, 15) is 0 Å². The molecular weight excluding hydrogens is 134 g/mol. The van der Waals surface area contributed by atoms with E-state index in [1.807, 2.05) is 0 Å². The van der Waals surface area contributed by atoms with E-state index in [4.69, 9.17) is 0 Å². The summed E-state index contributed by atoms with van der Waals surface area (Å²) in [7, 11) is 0. The molecule has 1 aliphatic heterocycles. The lowest BCUT2D eigenvalue weighted by Gasteiger charge is -2.30. The molecule has 0 aromatic carbocycles. The molecule has 0 radical (unpaired) electrons. The third-order valence-electron chi connectivity index (χ3n) is 3.42. The highest BCUT2D eigenvalue weighted by molar-refractivity contribution is 5.04. The van der Waals surface area contributed by atoms with Crippen LogP contribution >= 0.6 is 0 Å². The summed E-state index contributed by atoms with van der Waals surface area (Å²) in [5.74, 6) is 2.17. The lowest BCUT2D eigenvalue weighted by Crippen LogP contribution is -2.37. The molecule has 1 saturated heterocycles. The smallest absolute Gasteiger partial charge is 0.0127 e. The molecule has 1 aliphatic carbocycles. The SMILES string of the molecule is CC[C@@H]1[C@H]2C[C@H]2CN1C(C)C. The molecule has 11 heavy (non-hydrogen) atoms. The number of piperidine rings is 1. The molecular formula is C10H19N. The minimum atomic E-state index is 0.771. The molecule has 64 valence electrons. The Bertz CT molecular complexity index is 153. The monoisotopic (exact) mass is 153 g/mol. The van der Waals surface area contributed by atoms with Gasteiger partial charge in [0, 0.05) is 18.6 Å². The summed E-state index contributed by atoms with van der Waals surface area (Å²) in [6.07, 6.45) is 2.89. The van der Waals surface area contributed by atoms with Crippen molar-refractivity contribution in [2.75, 3.05) is 6.54 Å². The third-order valence-corrected chi connectivity index (χ3v) is 3.42. The lowest BCUT2D eigenvalue weighted by atomic mass is 10.1. The van der Waals surface area contributed by atoms with Crippen molar-refractivity contribution in [3.05, 3.63) is 0 Å². The van der Waals surface area contributed by atoms with E-state index in [2.05, 4.69) is 25.7 Å². The summed E-state index contributed by atoms with van der Waals surface area (Å²) in [5, 5.41) is 0. The molecule has 0 aromatic rings. The van der Waals surface area contributed by atoms with Gasteiger partial charge in [-0.25, -0.2) is 0 Å². The summed E-state index contributed by atoms with van der Waals surface area (Å²) >= 11 is 0. The Hall–Kier alpha value is -0.0400. The first kappa shape index (κ1) is 7.60. The highest BCUT2D eigenvalue weighted by Gasteiger charge is 2.51. The van der Waals surface area contributed by atoms with Gasteiger partial charge in [0.25, 0.3) is 0 Å². The van der Waals surface area contributed by atoms with Crippen LogP contribution in [0.3, 0.4) is 0 Å². The molecule has 2 aliphatic rings. The molecule has 1 nitrogen and oxygen atoms in total. The van der Waals surface area contributed by atoms with E-state index < -0.39 is 0 Å². The van der Waals surface area contributed by atoms with Gasteiger partial charge < -0.3 is 0 Å². The van der Waals surface area contributed by atoms with Gasteiger partial charge in [-0.05, 0) is 38.5 Å². The second-order valence-corrected chi connectivity index (χ2v) is 4.43. The van der Waals surface area contributed by atoms with Crippen molar-refractivity contribution in [2.45, 2.75) is 45.7 Å². The van der Waals surface area contributed by atoms with Crippen LogP contribution in [0.25, 0.3) is 0 Å². The highest BCUT2D eigenvalue weighted by Crippen LogP contribution is 2.50. The first-order chi connectivity index (χ1) is 5.24. The van der Waals surface area contributed by atoms with Crippen LogP contribution in [0.4, 0.5) is 0 Å². The lowest BCUT2D eigenvalue weighted by molar-refractivity contribution is 0.170. The maximum atomic E-state index is 2.69. The van der Waals surface area contributed by atoms with Crippen LogP contribution in [-0.4, -0.2) is 23.5 Å². The Balaban J connectivity index is 2.01. The maximum absolute atomic E-state index is 2.69. The number of rotatable bonds is 2. The first-order valence-electron chi connectivity index (χ1n) is 4.99. The van der Waals surface area contributed by atoms with E-state index in [-0.39, 0.29) is 0 Å². The third kappa shape index (κ3) is 1.10. The van der Waals surface area contributed by atoms with Crippen molar-refractivity contribution in [3.63, 3.8) is 0 Å². The van der Waals surface area contributed by atoms with Crippen LogP contribution in [0, 0.1) is 11.8 Å². The van der Waals surface area contributed by atoms with Gasteiger partial charge in [0.1, 0.15) is 0 Å². The van der Waals surface area contributed by atoms with Gasteiger partial charge in [0.15, 0.2) is 0 Å². The van der Waals surface area contributed by atoms with E-state index in [1.165, 1.54) is 19.4 Å².